The van der Waals surface area contributed by atoms with E-state index in [4.69, 9.17) is 4.98 Å². The van der Waals surface area contributed by atoms with Crippen molar-refractivity contribution in [2.24, 2.45) is 0 Å². The zero-order chi connectivity index (χ0) is 30.8. The Morgan fingerprint density at radius 3 is 2.57 bits per heavy atom. The van der Waals surface area contributed by atoms with E-state index >= 15 is 0 Å². The summed E-state index contributed by atoms with van der Waals surface area (Å²) in [6.07, 6.45) is 7.14. The first-order valence-electron chi connectivity index (χ1n) is 15.9. The van der Waals surface area contributed by atoms with Crippen LogP contribution in [-0.2, 0) is 16.6 Å². The van der Waals surface area contributed by atoms with Gasteiger partial charge in [0.15, 0.2) is 0 Å². The molecule has 0 spiro atoms. The van der Waals surface area contributed by atoms with Gasteiger partial charge in [-0.05, 0) is 50.1 Å². The van der Waals surface area contributed by atoms with Crippen molar-refractivity contribution in [1.82, 2.24) is 30.1 Å². The van der Waals surface area contributed by atoms with Gasteiger partial charge in [0.25, 0.3) is 0 Å². The summed E-state index contributed by atoms with van der Waals surface area (Å²) in [5, 5.41) is 3.65. The maximum absolute atomic E-state index is 14.0. The highest BCUT2D eigenvalue weighted by molar-refractivity contribution is 5.97. The van der Waals surface area contributed by atoms with Crippen molar-refractivity contribution in [1.29, 1.82) is 0 Å². The van der Waals surface area contributed by atoms with E-state index in [1.165, 1.54) is 12.1 Å². The molecule has 0 saturated carbocycles. The van der Waals surface area contributed by atoms with E-state index in [0.29, 0.717) is 37.6 Å². The molecule has 44 heavy (non-hydrogen) atoms. The first-order valence-corrected chi connectivity index (χ1v) is 15.9. The van der Waals surface area contributed by atoms with E-state index in [1.54, 1.807) is 24.5 Å². The van der Waals surface area contributed by atoms with Gasteiger partial charge in [0.2, 0.25) is 11.9 Å². The number of anilines is 2. The van der Waals surface area contributed by atoms with Crippen LogP contribution in [0.2, 0.25) is 0 Å². The third-order valence-corrected chi connectivity index (χ3v) is 9.53. The van der Waals surface area contributed by atoms with Gasteiger partial charge >= 0.3 is 0 Å². The lowest BCUT2D eigenvalue weighted by molar-refractivity contribution is -0.120. The molecule has 0 aliphatic carbocycles. The van der Waals surface area contributed by atoms with Crippen molar-refractivity contribution in [3.8, 4) is 0 Å². The number of carbonyl (C=O) groups is 1. The van der Waals surface area contributed by atoms with Crippen molar-refractivity contribution in [3.05, 3.63) is 77.6 Å². The summed E-state index contributed by atoms with van der Waals surface area (Å²) < 4.78 is 13.4. The molecule has 1 N–H and O–H groups in total. The fourth-order valence-electron chi connectivity index (χ4n) is 6.97. The molecule has 234 valence electrons. The number of hydrogen-bond acceptors (Lipinski definition) is 8. The molecular weight excluding hydrogens is 555 g/mol. The van der Waals surface area contributed by atoms with Crippen molar-refractivity contribution in [2.45, 2.75) is 64.1 Å². The number of aromatic nitrogens is 3. The van der Waals surface area contributed by atoms with Gasteiger partial charge in [-0.15, -0.1) is 0 Å². The van der Waals surface area contributed by atoms with Crippen molar-refractivity contribution in [3.63, 3.8) is 0 Å². The largest absolute Gasteiger partial charge is 0.338 e. The first kappa shape index (κ1) is 30.6. The molecule has 2 aromatic heterocycles. The zero-order valence-corrected chi connectivity index (χ0v) is 26.4. The third-order valence-electron chi connectivity index (χ3n) is 9.53. The van der Waals surface area contributed by atoms with Gasteiger partial charge in [-0.2, -0.15) is 0 Å². The van der Waals surface area contributed by atoms with E-state index in [9.17, 15) is 9.18 Å². The molecule has 6 rings (SSSR count). The normalized spacial score (nSPS) is 24.0. The Bertz CT molecular complexity index is 1430. The quantitative estimate of drug-likeness (QED) is 0.421. The minimum Gasteiger partial charge on any atom is -0.338 e. The Balaban J connectivity index is 1.10. The molecule has 3 atom stereocenters. The molecule has 3 aliphatic heterocycles. The Kier molecular flexibility index (Phi) is 8.94. The average molecular weight is 601 g/mol. The number of nitrogens with zero attached hydrogens (tertiary/aromatic N) is 7. The van der Waals surface area contributed by atoms with Crippen LogP contribution in [0.1, 0.15) is 50.9 Å². The average Bonchev–Trinajstić information content (AvgIpc) is 3.28. The van der Waals surface area contributed by atoms with Gasteiger partial charge in [-0.25, -0.2) is 14.4 Å². The lowest BCUT2D eigenvalue weighted by Gasteiger charge is -2.43. The Labute approximate surface area is 260 Å². The summed E-state index contributed by atoms with van der Waals surface area (Å²) >= 11 is 0. The van der Waals surface area contributed by atoms with Crippen LogP contribution in [-0.4, -0.2) is 101 Å². The smallest absolute Gasteiger partial charge is 0.241 e. The molecule has 2 saturated heterocycles. The van der Waals surface area contributed by atoms with Crippen LogP contribution in [0, 0.1) is 5.82 Å². The Hall–Kier alpha value is -3.47. The van der Waals surface area contributed by atoms with Crippen LogP contribution in [0.5, 0.6) is 0 Å². The Morgan fingerprint density at radius 2 is 1.82 bits per heavy atom. The number of pyridine rings is 1. The van der Waals surface area contributed by atoms with Crippen LogP contribution < -0.4 is 15.1 Å². The van der Waals surface area contributed by atoms with E-state index < -0.39 is 0 Å². The van der Waals surface area contributed by atoms with Crippen molar-refractivity contribution in [2.75, 3.05) is 62.2 Å². The van der Waals surface area contributed by atoms with Crippen LogP contribution in [0.15, 0.2) is 55.0 Å². The molecule has 0 radical (unpaired) electrons. The van der Waals surface area contributed by atoms with Gasteiger partial charge in [0.05, 0.1) is 12.2 Å². The van der Waals surface area contributed by atoms with Crippen LogP contribution >= 0.6 is 0 Å². The highest BCUT2D eigenvalue weighted by Crippen LogP contribution is 2.40. The molecule has 9 nitrogen and oxygen atoms in total. The molecule has 5 heterocycles. The molecule has 0 bridgehead atoms. The zero-order valence-electron chi connectivity index (χ0n) is 26.4. The summed E-state index contributed by atoms with van der Waals surface area (Å²) in [5.41, 5.74) is 3.77. The van der Waals surface area contributed by atoms with Crippen LogP contribution in [0.3, 0.4) is 0 Å². The molecule has 1 amide bonds. The topological polar surface area (TPSA) is 80.7 Å². The minimum absolute atomic E-state index is 0.139. The number of amides is 1. The summed E-state index contributed by atoms with van der Waals surface area (Å²) in [5.74, 6) is 0.698. The molecule has 3 aliphatic rings. The second kappa shape index (κ2) is 12.9. The number of hydrogen-bond donors (Lipinski definition) is 1. The molecular formula is C34H45FN8O. The lowest BCUT2D eigenvalue weighted by atomic mass is 9.88. The summed E-state index contributed by atoms with van der Waals surface area (Å²) in [6, 6.07) is 11.5. The van der Waals surface area contributed by atoms with E-state index in [-0.39, 0.29) is 17.1 Å². The SMILES string of the molecule is CC1CN(CC(=O)N2CC(C)(C)c3cnc(Cc4ccc(F)cc4)cc32)C(CCN2CCN(c3ncccn3)CC2C)CN1. The van der Waals surface area contributed by atoms with Crippen molar-refractivity contribution < 1.29 is 9.18 Å². The Morgan fingerprint density at radius 1 is 1.05 bits per heavy atom. The monoisotopic (exact) mass is 600 g/mol. The minimum atomic E-state index is -0.245. The van der Waals surface area contributed by atoms with E-state index in [2.05, 4.69) is 63.7 Å². The number of rotatable bonds is 8. The molecule has 10 heteroatoms. The number of nitrogens with one attached hydrogen (secondary N) is 1. The highest BCUT2D eigenvalue weighted by Gasteiger charge is 2.40. The fourth-order valence-corrected chi connectivity index (χ4v) is 6.97. The number of benzene rings is 1. The maximum Gasteiger partial charge on any atom is 0.241 e. The summed E-state index contributed by atoms with van der Waals surface area (Å²) in [6.45, 7) is 15.4. The van der Waals surface area contributed by atoms with Gasteiger partial charge in [-0.1, -0.05) is 26.0 Å². The van der Waals surface area contributed by atoms with Crippen LogP contribution in [0.25, 0.3) is 0 Å². The standard InChI is InChI=1S/C34H45FN8O/c1-24-20-42(29(18-38-24)10-13-40-14-15-41(21-25(40)2)33-36-11-5-12-37-33)22-32(44)43-23-34(3,4)30-19-39-28(17-31(30)43)16-26-6-8-27(35)9-7-26/h5-9,11-12,17,19,24-25,29,38H,10,13-16,18,20-23H2,1-4H3. The summed E-state index contributed by atoms with van der Waals surface area (Å²) in [7, 11) is 0. The number of fused-ring (bicyclic) bond motifs is 1. The summed E-state index contributed by atoms with van der Waals surface area (Å²) in [4.78, 5) is 36.8. The maximum atomic E-state index is 14.0. The third kappa shape index (κ3) is 6.77. The molecule has 3 aromatic rings. The van der Waals surface area contributed by atoms with Crippen LogP contribution in [0.4, 0.5) is 16.0 Å². The lowest BCUT2D eigenvalue weighted by Crippen LogP contribution is -2.59. The predicted molar refractivity (Wildman–Crippen MR) is 172 cm³/mol. The second-order valence-corrected chi connectivity index (χ2v) is 13.4. The van der Waals surface area contributed by atoms with Gasteiger partial charge < -0.3 is 15.1 Å². The first-order chi connectivity index (χ1) is 21.2. The number of halogens is 1. The molecule has 3 unspecified atom stereocenters. The van der Waals surface area contributed by atoms with Gasteiger partial charge in [0, 0.05) is 106 Å². The van der Waals surface area contributed by atoms with E-state index in [0.717, 1.165) is 74.1 Å². The molecule has 2 fully saturated rings. The fraction of sp³-hybridized carbons (Fsp3) is 0.529. The highest BCUT2D eigenvalue weighted by atomic mass is 19.1. The molecule has 1 aromatic carbocycles. The van der Waals surface area contributed by atoms with Gasteiger partial charge in [-0.3, -0.25) is 19.6 Å². The number of piperazine rings is 2. The van der Waals surface area contributed by atoms with Gasteiger partial charge in [0.1, 0.15) is 5.82 Å². The van der Waals surface area contributed by atoms with E-state index in [1.807, 2.05) is 17.2 Å². The predicted octanol–water partition coefficient (Wildman–Crippen LogP) is 3.49. The van der Waals surface area contributed by atoms with Crippen molar-refractivity contribution >= 4 is 17.5 Å². The second-order valence-electron chi connectivity index (χ2n) is 13.4. The number of carbonyl (C=O) groups excluding carboxylic acids is 1.